The number of thioether (sulfide) groups is 1. The first-order chi connectivity index (χ1) is 21.3. The first kappa shape index (κ1) is 37.4. The molecule has 0 unspecified atom stereocenters. The second-order valence-corrected chi connectivity index (χ2v) is 14.7. The standard InChI is InChI=1S/C38H45N3O3S.Na/c1-8-29-22-33(44-26-32-12-9-10-20-39-32)13-11-21-41(34(23-38(6,7)36(42)43)35(29)45-37(3,4)5)25-28-15-18-30(19-16-28)31-17-14-27(2)40-24-31;/h9-22,24H,8,23,25-26H2,1-7H3,(H,42,43);/q;+1/p-1. The van der Waals surface area contributed by atoms with Gasteiger partial charge in [0.2, 0.25) is 0 Å². The molecule has 3 aromatic heterocycles. The number of ether oxygens (including phenoxy) is 1. The van der Waals surface area contributed by atoms with Gasteiger partial charge in [-0.15, -0.1) is 11.8 Å². The van der Waals surface area contributed by atoms with Crippen LogP contribution in [0.15, 0.2) is 96.3 Å². The molecule has 0 saturated carbocycles. The van der Waals surface area contributed by atoms with Crippen LogP contribution in [0.1, 0.15) is 69.8 Å². The number of benzene rings is 1. The van der Waals surface area contributed by atoms with Crippen LogP contribution in [-0.2, 0) is 30.8 Å². The van der Waals surface area contributed by atoms with E-state index in [1.54, 1.807) is 31.8 Å². The van der Waals surface area contributed by atoms with Crippen molar-refractivity contribution >= 4 is 17.7 Å². The summed E-state index contributed by atoms with van der Waals surface area (Å²) < 4.78 is 8.32. The zero-order chi connectivity index (χ0) is 32.6. The van der Waals surface area contributed by atoms with Crippen molar-refractivity contribution in [3.63, 3.8) is 0 Å². The summed E-state index contributed by atoms with van der Waals surface area (Å²) >= 11 is 1.75. The zero-order valence-electron chi connectivity index (χ0n) is 28.5. The Morgan fingerprint density at radius 2 is 1.65 bits per heavy atom. The van der Waals surface area contributed by atoms with Crippen LogP contribution in [0.3, 0.4) is 0 Å². The first-order valence-corrected chi connectivity index (χ1v) is 16.2. The van der Waals surface area contributed by atoms with Crippen LogP contribution in [0.2, 0.25) is 0 Å². The van der Waals surface area contributed by atoms with Crippen LogP contribution in [0.4, 0.5) is 0 Å². The molecule has 4 rings (SSSR count). The Bertz CT molecular complexity index is 1640. The molecular weight excluding hydrogens is 601 g/mol. The molecule has 8 heteroatoms. The van der Waals surface area contributed by atoms with E-state index in [9.17, 15) is 9.90 Å². The molecule has 0 saturated heterocycles. The van der Waals surface area contributed by atoms with Crippen molar-refractivity contribution < 1.29 is 44.2 Å². The molecule has 3 heterocycles. The zero-order valence-corrected chi connectivity index (χ0v) is 31.3. The average Bonchev–Trinajstić information content (AvgIpc) is 3.05. The molecule has 0 bridgehead atoms. The number of aryl methyl sites for hydroxylation is 2. The van der Waals surface area contributed by atoms with Crippen LogP contribution in [0.5, 0.6) is 5.75 Å². The van der Waals surface area contributed by atoms with Crippen molar-refractivity contribution in [2.24, 2.45) is 5.41 Å². The van der Waals surface area contributed by atoms with Gasteiger partial charge in [-0.1, -0.05) is 77.9 Å². The third kappa shape index (κ3) is 10.7. The molecule has 0 aliphatic heterocycles. The van der Waals surface area contributed by atoms with Gasteiger partial charge in [-0.05, 0) is 72.9 Å². The Balaban J connectivity index is 0.00000576. The number of aromatic nitrogens is 3. The van der Waals surface area contributed by atoms with E-state index in [0.717, 1.165) is 56.4 Å². The molecule has 6 nitrogen and oxygen atoms in total. The molecule has 236 valence electrons. The fraction of sp³-hybridized carbons (Fsp3) is 0.342. The fourth-order valence-electron chi connectivity index (χ4n) is 4.82. The normalized spacial score (nSPS) is 11.4. The van der Waals surface area contributed by atoms with Crippen molar-refractivity contribution in [3.05, 3.63) is 120 Å². The van der Waals surface area contributed by atoms with Gasteiger partial charge in [-0.2, -0.15) is 0 Å². The Morgan fingerprint density at radius 1 is 0.935 bits per heavy atom. The maximum Gasteiger partial charge on any atom is 1.00 e. The van der Waals surface area contributed by atoms with Crippen LogP contribution < -0.4 is 39.4 Å². The molecule has 0 aliphatic rings. The van der Waals surface area contributed by atoms with Gasteiger partial charge >= 0.3 is 29.6 Å². The van der Waals surface area contributed by atoms with E-state index in [1.165, 1.54) is 0 Å². The molecule has 0 N–H and O–H groups in total. The van der Waals surface area contributed by atoms with Crippen LogP contribution in [-0.4, -0.2) is 25.3 Å². The van der Waals surface area contributed by atoms with E-state index in [1.807, 2.05) is 55.7 Å². The molecule has 46 heavy (non-hydrogen) atoms. The molecule has 0 atom stereocenters. The van der Waals surface area contributed by atoms with Gasteiger partial charge in [0.1, 0.15) is 12.4 Å². The number of rotatable bonds is 11. The van der Waals surface area contributed by atoms with Crippen molar-refractivity contribution in [2.45, 2.75) is 84.1 Å². The Morgan fingerprint density at radius 3 is 2.24 bits per heavy atom. The van der Waals surface area contributed by atoms with Crippen molar-refractivity contribution in [1.29, 1.82) is 0 Å². The molecule has 4 aromatic rings. The summed E-state index contributed by atoms with van der Waals surface area (Å²) in [6.45, 7) is 15.0. The molecule has 0 radical (unpaired) electrons. The number of carboxylic acid groups (broad SMARTS) is 1. The minimum absolute atomic E-state index is 0. The summed E-state index contributed by atoms with van der Waals surface area (Å²) in [5, 5.41) is 12.4. The van der Waals surface area contributed by atoms with Crippen molar-refractivity contribution in [2.75, 3.05) is 0 Å². The van der Waals surface area contributed by atoms with Gasteiger partial charge in [0.05, 0.1) is 5.69 Å². The van der Waals surface area contributed by atoms with E-state index in [4.69, 9.17) is 4.74 Å². The smallest absolute Gasteiger partial charge is 0.550 e. The summed E-state index contributed by atoms with van der Waals surface area (Å²) in [7, 11) is 0. The van der Waals surface area contributed by atoms with Crippen LogP contribution >= 0.6 is 11.8 Å². The number of carbonyl (C=O) groups is 1. The van der Waals surface area contributed by atoms with Gasteiger partial charge in [0.15, 0.2) is 0 Å². The monoisotopic (exact) mass is 645 g/mol. The van der Waals surface area contributed by atoms with E-state index in [0.29, 0.717) is 19.6 Å². The summed E-state index contributed by atoms with van der Waals surface area (Å²) in [5.41, 5.74) is 6.03. The predicted octanol–water partition coefficient (Wildman–Crippen LogP) is 4.78. The number of carbonyl (C=O) groups excluding carboxylic acids is 1. The van der Waals surface area contributed by atoms with Gasteiger partial charge in [-0.3, -0.25) is 9.97 Å². The number of hydrogen-bond donors (Lipinski definition) is 0. The number of nitrogens with zero attached hydrogens (tertiary/aromatic N) is 3. The summed E-state index contributed by atoms with van der Waals surface area (Å²) in [5.74, 6) is -0.355. The van der Waals surface area contributed by atoms with Crippen LogP contribution in [0, 0.1) is 12.3 Å². The van der Waals surface area contributed by atoms with Crippen LogP contribution in [0.25, 0.3) is 11.1 Å². The number of aliphatic carboxylic acids is 1. The summed E-state index contributed by atoms with van der Waals surface area (Å²) in [6.07, 6.45) is 6.72. The molecule has 0 aliphatic carbocycles. The Kier molecular flexibility index (Phi) is 13.5. The summed E-state index contributed by atoms with van der Waals surface area (Å²) in [4.78, 5) is 22.3. The van der Waals surface area contributed by atoms with Gasteiger partial charge in [0.25, 0.3) is 0 Å². The van der Waals surface area contributed by atoms with Crippen molar-refractivity contribution in [3.8, 4) is 16.9 Å². The van der Waals surface area contributed by atoms with Gasteiger partial charge in [-0.25, -0.2) is 0 Å². The van der Waals surface area contributed by atoms with Gasteiger partial charge in [0, 0.05) is 63.1 Å². The second-order valence-electron chi connectivity index (χ2n) is 12.9. The average molecular weight is 646 g/mol. The molecule has 0 amide bonds. The third-order valence-electron chi connectivity index (χ3n) is 7.36. The van der Waals surface area contributed by atoms with Crippen molar-refractivity contribution in [1.82, 2.24) is 14.5 Å². The number of carboxylic acids is 1. The summed E-state index contributed by atoms with van der Waals surface area (Å²) in [6, 6.07) is 24.4. The van der Waals surface area contributed by atoms with E-state index in [2.05, 4.69) is 78.6 Å². The third-order valence-corrected chi connectivity index (χ3v) is 8.67. The number of hydrogen-bond acceptors (Lipinski definition) is 6. The topological polar surface area (TPSA) is 80.1 Å². The molecule has 1 aromatic carbocycles. The largest absolute Gasteiger partial charge is 1.00 e. The van der Waals surface area contributed by atoms with E-state index in [-0.39, 0.29) is 34.3 Å². The molecular formula is C38H44N3NaO3S. The first-order valence-electron chi connectivity index (χ1n) is 15.4. The predicted molar refractivity (Wildman–Crippen MR) is 182 cm³/mol. The quantitative estimate of drug-likeness (QED) is 0.173. The van der Waals surface area contributed by atoms with Gasteiger partial charge < -0.3 is 19.2 Å². The fourth-order valence-corrected chi connectivity index (χ4v) is 6.07. The maximum atomic E-state index is 12.4. The van der Waals surface area contributed by atoms with E-state index >= 15 is 0 Å². The Labute approximate surface area is 300 Å². The number of pyridine rings is 2. The Hall–Kier alpha value is -3.10. The SMILES string of the molecule is CCc1cc(OCc2ccccn2)cccn(Cc2ccc(-c3ccc(C)nc3)cc2)c(CC(C)(C)C(=O)[O-])c1SC(C)(C)C.[Na+]. The van der Waals surface area contributed by atoms with E-state index < -0.39 is 11.4 Å². The minimum atomic E-state index is -1.09. The maximum absolute atomic E-state index is 12.4. The molecule has 0 spiro atoms. The molecule has 0 fully saturated rings. The second kappa shape index (κ2) is 16.6. The minimum Gasteiger partial charge on any atom is -0.550 e.